The van der Waals surface area contributed by atoms with E-state index in [1.165, 1.54) is 19.2 Å². The molecule has 8 unspecified atom stereocenters. The second-order valence-electron chi connectivity index (χ2n) is 12.1. The van der Waals surface area contributed by atoms with E-state index in [1.807, 2.05) is 0 Å². The summed E-state index contributed by atoms with van der Waals surface area (Å²) in [5.41, 5.74) is -4.66. The number of carbonyl (C=O) groups excluding carboxylic acids is 3. The minimum absolute atomic E-state index is 0.146. The van der Waals surface area contributed by atoms with E-state index in [9.17, 15) is 39.2 Å². The van der Waals surface area contributed by atoms with E-state index in [-0.39, 0.29) is 35.3 Å². The number of phenols is 2. The number of hydrogen-bond donors (Lipinski definition) is 4. The quantitative estimate of drug-likeness (QED) is 0.292. The van der Waals surface area contributed by atoms with Gasteiger partial charge in [-0.25, -0.2) is 4.39 Å². The maximum absolute atomic E-state index is 14.8. The molecule has 0 bridgehead atoms. The number of aromatic hydroxyl groups is 2. The maximum Gasteiger partial charge on any atom is 0.201 e. The Balaban J connectivity index is 1.29. The van der Waals surface area contributed by atoms with Crippen molar-refractivity contribution in [3.63, 3.8) is 0 Å². The first-order chi connectivity index (χ1) is 21.5. The van der Waals surface area contributed by atoms with Crippen molar-refractivity contribution in [2.75, 3.05) is 26.9 Å². The number of rotatable bonds is 5. The van der Waals surface area contributed by atoms with Crippen molar-refractivity contribution in [2.45, 2.75) is 74.9 Å². The zero-order chi connectivity index (χ0) is 31.9. The van der Waals surface area contributed by atoms with E-state index in [1.54, 1.807) is 6.92 Å². The molecule has 3 aliphatic heterocycles. The van der Waals surface area contributed by atoms with Crippen LogP contribution in [0.3, 0.4) is 0 Å². The van der Waals surface area contributed by atoms with E-state index >= 15 is 0 Å². The van der Waals surface area contributed by atoms with Crippen LogP contribution in [0, 0.1) is 5.82 Å². The Bertz CT molecular complexity index is 1610. The fourth-order valence-electron chi connectivity index (χ4n) is 7.51. The topological polar surface area (TPSA) is 182 Å². The van der Waals surface area contributed by atoms with E-state index in [0.29, 0.717) is 13.2 Å². The van der Waals surface area contributed by atoms with Crippen LogP contribution in [-0.2, 0) is 34.9 Å². The number of carbonyl (C=O) groups is 3. The SMILES string of the molecule is COC1OCCN2C3CC(OC4CC(O)(C(=O)CO)Cc5c(O)c6c(c(O)c54)C(=O)c4c(F)cccc4C6=O)OC(C)C3OC12. The van der Waals surface area contributed by atoms with Crippen LogP contribution in [0.2, 0.25) is 0 Å². The van der Waals surface area contributed by atoms with Crippen LogP contribution in [-0.4, -0.2) is 112 Å². The molecule has 0 aromatic heterocycles. The van der Waals surface area contributed by atoms with Crippen LogP contribution >= 0.6 is 0 Å². The van der Waals surface area contributed by atoms with Crippen molar-refractivity contribution in [1.29, 1.82) is 0 Å². The average Bonchev–Trinajstić information content (AvgIpc) is 3.40. The van der Waals surface area contributed by atoms with Crippen LogP contribution in [0.5, 0.6) is 11.5 Å². The molecule has 0 saturated carbocycles. The van der Waals surface area contributed by atoms with E-state index in [2.05, 4.69) is 4.90 Å². The van der Waals surface area contributed by atoms with Crippen LogP contribution < -0.4 is 0 Å². The van der Waals surface area contributed by atoms with Crippen molar-refractivity contribution in [3.05, 3.63) is 57.4 Å². The second-order valence-corrected chi connectivity index (χ2v) is 12.1. The lowest BCUT2D eigenvalue weighted by Crippen LogP contribution is -2.55. The van der Waals surface area contributed by atoms with Crippen molar-refractivity contribution in [2.24, 2.45) is 0 Å². The number of ketones is 3. The summed E-state index contributed by atoms with van der Waals surface area (Å²) in [4.78, 5) is 41.9. The number of nitrogens with zero attached hydrogens (tertiary/aromatic N) is 1. The normalized spacial score (nSPS) is 34.0. The molecule has 14 heteroatoms. The van der Waals surface area contributed by atoms with Crippen molar-refractivity contribution in [3.8, 4) is 11.5 Å². The van der Waals surface area contributed by atoms with Gasteiger partial charge in [-0.15, -0.1) is 0 Å². The maximum atomic E-state index is 14.8. The molecule has 4 N–H and O–H groups in total. The van der Waals surface area contributed by atoms with Crippen molar-refractivity contribution in [1.82, 2.24) is 4.90 Å². The van der Waals surface area contributed by atoms with Gasteiger partial charge in [0.1, 0.15) is 35.6 Å². The van der Waals surface area contributed by atoms with E-state index in [0.717, 1.165) is 6.07 Å². The first-order valence-electron chi connectivity index (χ1n) is 14.7. The third-order valence-electron chi connectivity index (χ3n) is 9.61. The number of fused-ring (bicyclic) bond motifs is 6. The Morgan fingerprint density at radius 1 is 1.13 bits per heavy atom. The molecule has 0 radical (unpaired) electrons. The molecule has 0 amide bonds. The molecule has 2 aliphatic carbocycles. The first kappa shape index (κ1) is 30.3. The van der Waals surface area contributed by atoms with Crippen molar-refractivity contribution >= 4 is 17.3 Å². The van der Waals surface area contributed by atoms with Gasteiger partial charge in [0, 0.05) is 55.6 Å². The van der Waals surface area contributed by atoms with Gasteiger partial charge < -0.3 is 44.1 Å². The Hall–Kier alpha value is -3.34. The molecule has 2 aromatic carbocycles. The molecule has 3 heterocycles. The van der Waals surface area contributed by atoms with Crippen molar-refractivity contribution < 1.29 is 62.9 Å². The number of morpholine rings is 1. The third-order valence-corrected chi connectivity index (χ3v) is 9.61. The Morgan fingerprint density at radius 2 is 1.89 bits per heavy atom. The molecular formula is C31H32FNO12. The molecule has 3 saturated heterocycles. The summed E-state index contributed by atoms with van der Waals surface area (Å²) in [5.74, 6) is -5.38. The zero-order valence-electron chi connectivity index (χ0n) is 24.4. The number of benzene rings is 2. The summed E-state index contributed by atoms with van der Waals surface area (Å²) >= 11 is 0. The highest BCUT2D eigenvalue weighted by atomic mass is 19.1. The minimum atomic E-state index is -2.27. The molecular weight excluding hydrogens is 597 g/mol. The van der Waals surface area contributed by atoms with Gasteiger partial charge in [0.2, 0.25) is 5.78 Å². The van der Waals surface area contributed by atoms with Gasteiger partial charge in [-0.2, -0.15) is 0 Å². The minimum Gasteiger partial charge on any atom is -0.507 e. The number of ether oxygens (including phenoxy) is 5. The number of hydrogen-bond acceptors (Lipinski definition) is 13. The number of aliphatic hydroxyl groups is 2. The lowest BCUT2D eigenvalue weighted by atomic mass is 9.72. The summed E-state index contributed by atoms with van der Waals surface area (Å²) in [6.07, 6.45) is -5.11. The lowest BCUT2D eigenvalue weighted by Gasteiger charge is -2.43. The molecule has 8 atom stereocenters. The predicted molar refractivity (Wildman–Crippen MR) is 147 cm³/mol. The zero-order valence-corrected chi connectivity index (χ0v) is 24.4. The van der Waals surface area contributed by atoms with Crippen LogP contribution in [0.4, 0.5) is 4.39 Å². The number of halogens is 1. The number of methoxy groups -OCH3 is 1. The highest BCUT2D eigenvalue weighted by Crippen LogP contribution is 2.52. The molecule has 2 aromatic rings. The van der Waals surface area contributed by atoms with Gasteiger partial charge in [-0.05, 0) is 13.0 Å². The van der Waals surface area contributed by atoms with Gasteiger partial charge in [0.25, 0.3) is 0 Å². The smallest absolute Gasteiger partial charge is 0.201 e. The molecule has 5 aliphatic rings. The van der Waals surface area contributed by atoms with Crippen LogP contribution in [0.1, 0.15) is 68.8 Å². The summed E-state index contributed by atoms with van der Waals surface area (Å²) in [6, 6.07) is 3.27. The number of phenolic OH excluding ortho intramolecular Hbond substituents is 2. The summed E-state index contributed by atoms with van der Waals surface area (Å²) in [7, 11) is 1.52. The van der Waals surface area contributed by atoms with Gasteiger partial charge in [0.15, 0.2) is 30.4 Å². The molecule has 13 nitrogen and oxygen atoms in total. The lowest BCUT2D eigenvalue weighted by molar-refractivity contribution is -0.256. The van der Waals surface area contributed by atoms with Gasteiger partial charge in [-0.1, -0.05) is 12.1 Å². The summed E-state index contributed by atoms with van der Waals surface area (Å²) in [6.45, 7) is 1.72. The third kappa shape index (κ3) is 4.47. The highest BCUT2D eigenvalue weighted by molar-refractivity contribution is 6.30. The molecule has 3 fully saturated rings. The second kappa shape index (κ2) is 10.9. The average molecular weight is 630 g/mol. The first-order valence-corrected chi connectivity index (χ1v) is 14.7. The number of Topliss-reactive ketones (excluding diaryl/α,β-unsaturated/α-hetero) is 1. The predicted octanol–water partition coefficient (Wildman–Crippen LogP) is 0.842. The molecule has 7 rings (SSSR count). The number of aliphatic hydroxyl groups excluding tert-OH is 1. The Kier molecular flexibility index (Phi) is 7.33. The monoisotopic (exact) mass is 629 g/mol. The fourth-order valence-corrected chi connectivity index (χ4v) is 7.51. The van der Waals surface area contributed by atoms with E-state index in [4.69, 9.17) is 23.7 Å². The van der Waals surface area contributed by atoms with Gasteiger partial charge in [-0.3, -0.25) is 19.3 Å². The highest BCUT2D eigenvalue weighted by Gasteiger charge is 2.55. The summed E-state index contributed by atoms with van der Waals surface area (Å²) < 4.78 is 44.6. The van der Waals surface area contributed by atoms with Gasteiger partial charge in [0.05, 0.1) is 35.5 Å². The largest absolute Gasteiger partial charge is 0.507 e. The Morgan fingerprint density at radius 3 is 2.62 bits per heavy atom. The molecule has 45 heavy (non-hydrogen) atoms. The van der Waals surface area contributed by atoms with E-state index < -0.39 is 107 Å². The van der Waals surface area contributed by atoms with Gasteiger partial charge >= 0.3 is 0 Å². The van der Waals surface area contributed by atoms with Crippen LogP contribution in [0.25, 0.3) is 0 Å². The van der Waals surface area contributed by atoms with Crippen LogP contribution in [0.15, 0.2) is 18.2 Å². The standard InChI is InChI=1S/C31H32FNO12/c1-12-28-16(33-6-7-42-30(41-2)29(33)45-28)8-19(43-12)44-17-10-31(40,18(35)11-34)9-14-21(17)27(39)23-22(25(14)37)24(36)13-4-3-5-15(32)20(13)26(23)38/h3-5,12,16-17,19,28-30,34,37,39-40H,6-11H2,1-2H3. The fraction of sp³-hybridized carbons (Fsp3) is 0.516. The summed E-state index contributed by atoms with van der Waals surface area (Å²) in [5, 5.41) is 44.1. The molecule has 240 valence electrons. The Labute approximate surface area is 256 Å². The molecule has 0 spiro atoms.